The van der Waals surface area contributed by atoms with Crippen molar-refractivity contribution < 1.29 is 9.84 Å². The Balaban J connectivity index is 1.93. The molecule has 1 heterocycles. The molecular weight excluding hydrogens is 210 g/mol. The highest BCUT2D eigenvalue weighted by Crippen LogP contribution is 2.14. The average molecular weight is 221 g/mol. The smallest absolute Gasteiger partial charge is 0.140 e. The Morgan fingerprint density at radius 2 is 2.07 bits per heavy atom. The summed E-state index contributed by atoms with van der Waals surface area (Å²) in [5.74, 6) is 0.794. The first kappa shape index (κ1) is 10.1. The Bertz CT molecular complexity index is 397. The highest BCUT2D eigenvalue weighted by atomic mass is 32.1. The molecule has 0 atom stereocenters. The molecule has 4 heteroatoms. The van der Waals surface area contributed by atoms with E-state index in [0.29, 0.717) is 6.61 Å². The zero-order valence-corrected chi connectivity index (χ0v) is 8.91. The van der Waals surface area contributed by atoms with Gasteiger partial charge in [-0.25, -0.2) is 4.98 Å². The van der Waals surface area contributed by atoms with E-state index in [4.69, 9.17) is 9.84 Å². The molecule has 0 radical (unpaired) electrons. The predicted octanol–water partition coefficient (Wildman–Crippen LogP) is 2.21. The molecule has 0 saturated carbocycles. The Labute approximate surface area is 92.0 Å². The molecule has 0 bridgehead atoms. The summed E-state index contributed by atoms with van der Waals surface area (Å²) >= 11 is 1.57. The molecule has 2 rings (SSSR count). The monoisotopic (exact) mass is 221 g/mol. The fraction of sp³-hybridized carbons (Fsp3) is 0.182. The predicted molar refractivity (Wildman–Crippen MR) is 58.8 cm³/mol. The lowest BCUT2D eigenvalue weighted by Gasteiger charge is -2.04. The summed E-state index contributed by atoms with van der Waals surface area (Å²) in [4.78, 5) is 4.12. The molecule has 1 N–H and O–H groups in total. The first-order chi connectivity index (χ1) is 7.38. The molecule has 0 fully saturated rings. The van der Waals surface area contributed by atoms with Crippen molar-refractivity contribution in [1.29, 1.82) is 0 Å². The molecule has 78 valence electrons. The summed E-state index contributed by atoms with van der Waals surface area (Å²) in [6.45, 7) is 0.558. The largest absolute Gasteiger partial charge is 0.486 e. The molecule has 0 aliphatic rings. The quantitative estimate of drug-likeness (QED) is 0.860. The standard InChI is InChI=1S/C11H11NO2S/c13-7-9-1-3-10(4-2-9)14-8-11-12-5-6-15-11/h1-6,13H,7-8H2. The third-order valence-corrected chi connectivity index (χ3v) is 2.70. The van der Waals surface area contributed by atoms with Crippen LogP contribution in [-0.4, -0.2) is 10.1 Å². The van der Waals surface area contributed by atoms with E-state index in [1.807, 2.05) is 29.6 Å². The van der Waals surface area contributed by atoms with Crippen molar-refractivity contribution in [1.82, 2.24) is 4.98 Å². The molecular formula is C11H11NO2S. The van der Waals surface area contributed by atoms with Gasteiger partial charge in [0.15, 0.2) is 0 Å². The minimum Gasteiger partial charge on any atom is -0.486 e. The summed E-state index contributed by atoms with van der Waals surface area (Å²) in [5, 5.41) is 11.7. The van der Waals surface area contributed by atoms with Crippen molar-refractivity contribution >= 4 is 11.3 Å². The summed E-state index contributed by atoms with van der Waals surface area (Å²) in [5.41, 5.74) is 0.886. The third-order valence-electron chi connectivity index (χ3n) is 1.95. The van der Waals surface area contributed by atoms with E-state index in [-0.39, 0.29) is 6.61 Å². The second-order valence-electron chi connectivity index (χ2n) is 3.02. The average Bonchev–Trinajstić information content (AvgIpc) is 2.80. The summed E-state index contributed by atoms with van der Waals surface area (Å²) in [6.07, 6.45) is 1.76. The van der Waals surface area contributed by atoms with Crippen molar-refractivity contribution in [2.45, 2.75) is 13.2 Å². The number of aliphatic hydroxyl groups excluding tert-OH is 1. The van der Waals surface area contributed by atoms with E-state index in [1.165, 1.54) is 0 Å². The van der Waals surface area contributed by atoms with Crippen LogP contribution in [0.5, 0.6) is 5.75 Å². The highest BCUT2D eigenvalue weighted by Gasteiger charge is 1.97. The Kier molecular flexibility index (Phi) is 3.32. The van der Waals surface area contributed by atoms with Gasteiger partial charge in [-0.1, -0.05) is 12.1 Å². The SMILES string of the molecule is OCc1ccc(OCc2nccs2)cc1. The molecule has 0 unspecified atom stereocenters. The van der Waals surface area contributed by atoms with E-state index >= 15 is 0 Å². The number of nitrogens with zero attached hydrogens (tertiary/aromatic N) is 1. The minimum atomic E-state index is 0.0623. The van der Waals surface area contributed by atoms with Crippen LogP contribution in [0, 0.1) is 0 Å². The molecule has 0 spiro atoms. The van der Waals surface area contributed by atoms with Gasteiger partial charge in [0.05, 0.1) is 6.61 Å². The normalized spacial score (nSPS) is 10.2. The number of rotatable bonds is 4. The van der Waals surface area contributed by atoms with Crippen LogP contribution < -0.4 is 4.74 Å². The second kappa shape index (κ2) is 4.91. The molecule has 0 amide bonds. The number of hydrogen-bond donors (Lipinski definition) is 1. The number of thiazole rings is 1. The van der Waals surface area contributed by atoms with Gasteiger partial charge >= 0.3 is 0 Å². The van der Waals surface area contributed by atoms with Gasteiger partial charge < -0.3 is 9.84 Å². The van der Waals surface area contributed by atoms with Gasteiger partial charge in [0.25, 0.3) is 0 Å². The molecule has 2 aromatic rings. The van der Waals surface area contributed by atoms with E-state index in [0.717, 1.165) is 16.3 Å². The van der Waals surface area contributed by atoms with E-state index in [2.05, 4.69) is 4.98 Å². The fourth-order valence-electron chi connectivity index (χ4n) is 1.16. The molecule has 15 heavy (non-hydrogen) atoms. The van der Waals surface area contributed by atoms with Gasteiger partial charge in [-0.2, -0.15) is 0 Å². The lowest BCUT2D eigenvalue weighted by molar-refractivity contribution is 0.280. The van der Waals surface area contributed by atoms with E-state index in [1.54, 1.807) is 17.5 Å². The van der Waals surface area contributed by atoms with Gasteiger partial charge in [0.1, 0.15) is 17.4 Å². The molecule has 3 nitrogen and oxygen atoms in total. The van der Waals surface area contributed by atoms with Crippen LogP contribution in [0.2, 0.25) is 0 Å². The molecule has 1 aromatic carbocycles. The van der Waals surface area contributed by atoms with Crippen LogP contribution in [0.3, 0.4) is 0 Å². The number of ether oxygens (including phenoxy) is 1. The van der Waals surface area contributed by atoms with Crippen molar-refractivity contribution in [3.8, 4) is 5.75 Å². The van der Waals surface area contributed by atoms with Crippen molar-refractivity contribution in [2.24, 2.45) is 0 Å². The van der Waals surface area contributed by atoms with Gasteiger partial charge in [-0.05, 0) is 17.7 Å². The van der Waals surface area contributed by atoms with E-state index < -0.39 is 0 Å². The number of aromatic nitrogens is 1. The van der Waals surface area contributed by atoms with Gasteiger partial charge in [0, 0.05) is 11.6 Å². The maximum absolute atomic E-state index is 8.86. The van der Waals surface area contributed by atoms with Gasteiger partial charge in [0.2, 0.25) is 0 Å². The highest BCUT2D eigenvalue weighted by molar-refractivity contribution is 7.09. The topological polar surface area (TPSA) is 42.4 Å². The van der Waals surface area contributed by atoms with Crippen LogP contribution in [0.1, 0.15) is 10.6 Å². The first-order valence-corrected chi connectivity index (χ1v) is 5.47. The van der Waals surface area contributed by atoms with Gasteiger partial charge in [-0.3, -0.25) is 0 Å². The van der Waals surface area contributed by atoms with Crippen LogP contribution >= 0.6 is 11.3 Å². The number of aliphatic hydroxyl groups is 1. The lowest BCUT2D eigenvalue weighted by atomic mass is 10.2. The zero-order valence-electron chi connectivity index (χ0n) is 8.09. The zero-order chi connectivity index (χ0) is 10.5. The molecule has 0 aliphatic carbocycles. The first-order valence-electron chi connectivity index (χ1n) is 4.59. The lowest BCUT2D eigenvalue weighted by Crippen LogP contribution is -1.94. The summed E-state index contributed by atoms with van der Waals surface area (Å²) in [7, 11) is 0. The van der Waals surface area contributed by atoms with Crippen molar-refractivity contribution in [3.63, 3.8) is 0 Å². The maximum atomic E-state index is 8.86. The van der Waals surface area contributed by atoms with Crippen LogP contribution in [0.15, 0.2) is 35.8 Å². The summed E-state index contributed by atoms with van der Waals surface area (Å²) in [6, 6.07) is 7.38. The molecule has 1 aromatic heterocycles. The van der Waals surface area contributed by atoms with Crippen LogP contribution in [-0.2, 0) is 13.2 Å². The summed E-state index contributed by atoms with van der Waals surface area (Å²) < 4.78 is 5.52. The number of benzene rings is 1. The Morgan fingerprint density at radius 3 is 2.67 bits per heavy atom. The third kappa shape index (κ3) is 2.78. The second-order valence-corrected chi connectivity index (χ2v) is 4.00. The Morgan fingerprint density at radius 1 is 1.27 bits per heavy atom. The molecule has 0 saturated heterocycles. The fourth-order valence-corrected chi connectivity index (χ4v) is 1.69. The van der Waals surface area contributed by atoms with Crippen LogP contribution in [0.25, 0.3) is 0 Å². The Hall–Kier alpha value is -1.39. The van der Waals surface area contributed by atoms with Crippen molar-refractivity contribution in [2.75, 3.05) is 0 Å². The van der Waals surface area contributed by atoms with Crippen LogP contribution in [0.4, 0.5) is 0 Å². The van der Waals surface area contributed by atoms with E-state index in [9.17, 15) is 0 Å². The minimum absolute atomic E-state index is 0.0623. The molecule has 0 aliphatic heterocycles. The van der Waals surface area contributed by atoms with Crippen molar-refractivity contribution in [3.05, 3.63) is 46.4 Å². The maximum Gasteiger partial charge on any atom is 0.140 e. The number of hydrogen-bond acceptors (Lipinski definition) is 4. The van der Waals surface area contributed by atoms with Gasteiger partial charge in [-0.15, -0.1) is 11.3 Å².